The van der Waals surface area contributed by atoms with E-state index >= 15 is 0 Å². The van der Waals surface area contributed by atoms with Gasteiger partial charge < -0.3 is 9.30 Å². The first kappa shape index (κ1) is 14.7. The number of ether oxygens (including phenoxy) is 1. The highest BCUT2D eigenvalue weighted by Crippen LogP contribution is 2.31. The van der Waals surface area contributed by atoms with E-state index in [1.807, 2.05) is 20.8 Å². The van der Waals surface area contributed by atoms with Gasteiger partial charge in [-0.15, -0.1) is 10.2 Å². The summed E-state index contributed by atoms with van der Waals surface area (Å²) in [7, 11) is 1.54. The van der Waals surface area contributed by atoms with Gasteiger partial charge in [-0.3, -0.25) is 0 Å². The lowest BCUT2D eigenvalue weighted by Crippen LogP contribution is -2.19. The van der Waals surface area contributed by atoms with Gasteiger partial charge in [0.2, 0.25) is 0 Å². The summed E-state index contributed by atoms with van der Waals surface area (Å²) in [6.45, 7) is 7.14. The first-order chi connectivity index (χ1) is 8.80. The predicted molar refractivity (Wildman–Crippen MR) is 70.7 cm³/mol. The number of rotatable bonds is 4. The van der Waals surface area contributed by atoms with E-state index < -0.39 is 9.05 Å². The number of nitrogens with zero attached hydrogens (tertiary/aromatic N) is 3. The quantitative estimate of drug-likeness (QED) is 0.792. The van der Waals surface area contributed by atoms with E-state index in [2.05, 4.69) is 10.2 Å². The monoisotopic (exact) mass is 307 g/mol. The van der Waals surface area contributed by atoms with Gasteiger partial charge in [-0.1, -0.05) is 13.8 Å². The standard InChI is InChI=1S/C11H18ClN3O3S/c1-7(2)6-15-10(9-4-5-18-8(9)3)13-14-11(15)19(12,16)17/h7-9H,4-6H2,1-3H3. The molecule has 0 spiro atoms. The molecular weight excluding hydrogens is 290 g/mol. The van der Waals surface area contributed by atoms with Crippen LogP contribution in [-0.2, 0) is 20.3 Å². The van der Waals surface area contributed by atoms with Crippen molar-refractivity contribution in [3.63, 3.8) is 0 Å². The van der Waals surface area contributed by atoms with E-state index in [1.54, 1.807) is 4.57 Å². The van der Waals surface area contributed by atoms with Crippen LogP contribution in [0.3, 0.4) is 0 Å². The van der Waals surface area contributed by atoms with Crippen molar-refractivity contribution in [1.29, 1.82) is 0 Å². The Balaban J connectivity index is 2.46. The third-order valence-corrected chi connectivity index (χ3v) is 4.37. The largest absolute Gasteiger partial charge is 0.378 e. The van der Waals surface area contributed by atoms with Crippen molar-refractivity contribution in [2.24, 2.45) is 5.92 Å². The Hall–Kier alpha value is -0.660. The maximum absolute atomic E-state index is 11.6. The molecule has 108 valence electrons. The first-order valence-corrected chi connectivity index (χ1v) is 8.61. The minimum Gasteiger partial charge on any atom is -0.378 e. The zero-order valence-corrected chi connectivity index (χ0v) is 12.8. The second-order valence-corrected chi connectivity index (χ2v) is 7.71. The van der Waals surface area contributed by atoms with E-state index in [0.717, 1.165) is 6.42 Å². The molecule has 0 aromatic carbocycles. The van der Waals surface area contributed by atoms with Gasteiger partial charge in [0.15, 0.2) is 0 Å². The maximum atomic E-state index is 11.6. The molecule has 19 heavy (non-hydrogen) atoms. The second kappa shape index (κ2) is 5.38. The second-order valence-electron chi connectivity index (χ2n) is 5.25. The molecule has 2 heterocycles. The summed E-state index contributed by atoms with van der Waals surface area (Å²) in [5.41, 5.74) is 0. The van der Waals surface area contributed by atoms with Crippen LogP contribution in [0.4, 0.5) is 0 Å². The normalized spacial score (nSPS) is 24.3. The zero-order valence-electron chi connectivity index (χ0n) is 11.2. The maximum Gasteiger partial charge on any atom is 0.296 e. The summed E-state index contributed by atoms with van der Waals surface area (Å²) < 4.78 is 30.2. The molecular formula is C11H18ClN3O3S. The van der Waals surface area contributed by atoms with Crippen molar-refractivity contribution in [1.82, 2.24) is 14.8 Å². The average Bonchev–Trinajstić information content (AvgIpc) is 2.82. The highest BCUT2D eigenvalue weighted by atomic mass is 35.7. The Labute approximate surface area is 117 Å². The van der Waals surface area contributed by atoms with Crippen LogP contribution in [0.25, 0.3) is 0 Å². The van der Waals surface area contributed by atoms with E-state index in [0.29, 0.717) is 19.0 Å². The molecule has 8 heteroatoms. The zero-order chi connectivity index (χ0) is 14.2. The minimum atomic E-state index is -3.88. The molecule has 1 aromatic heterocycles. The Morgan fingerprint density at radius 1 is 1.47 bits per heavy atom. The van der Waals surface area contributed by atoms with Crippen molar-refractivity contribution >= 4 is 19.7 Å². The Morgan fingerprint density at radius 2 is 2.16 bits per heavy atom. The molecule has 0 saturated carbocycles. The third kappa shape index (κ3) is 3.09. The number of aromatic nitrogens is 3. The van der Waals surface area contributed by atoms with Crippen LogP contribution >= 0.6 is 10.7 Å². The Morgan fingerprint density at radius 3 is 2.63 bits per heavy atom. The molecule has 0 aliphatic carbocycles. The summed E-state index contributed by atoms with van der Waals surface area (Å²) in [5.74, 6) is 0.987. The van der Waals surface area contributed by atoms with Crippen LogP contribution in [0.2, 0.25) is 0 Å². The molecule has 1 fully saturated rings. The van der Waals surface area contributed by atoms with E-state index in [4.69, 9.17) is 15.4 Å². The van der Waals surface area contributed by atoms with Crippen molar-refractivity contribution in [2.45, 2.75) is 50.9 Å². The summed E-state index contributed by atoms with van der Waals surface area (Å²) in [6.07, 6.45) is 0.834. The fraction of sp³-hybridized carbons (Fsp3) is 0.818. The van der Waals surface area contributed by atoms with Gasteiger partial charge in [-0.2, -0.15) is 0 Å². The molecule has 0 bridgehead atoms. The lowest BCUT2D eigenvalue weighted by Gasteiger charge is -2.17. The Kier molecular flexibility index (Phi) is 4.17. The SMILES string of the molecule is CC(C)Cn1c(C2CCOC2C)nnc1S(=O)(=O)Cl. The van der Waals surface area contributed by atoms with Crippen molar-refractivity contribution in [2.75, 3.05) is 6.61 Å². The molecule has 1 aromatic rings. The van der Waals surface area contributed by atoms with Crippen molar-refractivity contribution < 1.29 is 13.2 Å². The van der Waals surface area contributed by atoms with Gasteiger partial charge in [0.1, 0.15) is 5.82 Å². The molecule has 0 radical (unpaired) electrons. The Bertz CT molecular complexity index is 556. The van der Waals surface area contributed by atoms with E-state index in [-0.39, 0.29) is 23.1 Å². The van der Waals surface area contributed by atoms with Crippen LogP contribution in [0.1, 0.15) is 38.9 Å². The smallest absolute Gasteiger partial charge is 0.296 e. The van der Waals surface area contributed by atoms with E-state index in [1.165, 1.54) is 0 Å². The highest BCUT2D eigenvalue weighted by Gasteiger charge is 2.33. The summed E-state index contributed by atoms with van der Waals surface area (Å²) >= 11 is 0. The van der Waals surface area contributed by atoms with E-state index in [9.17, 15) is 8.42 Å². The third-order valence-electron chi connectivity index (χ3n) is 3.22. The van der Waals surface area contributed by atoms with Crippen LogP contribution in [0.15, 0.2) is 5.16 Å². The van der Waals surface area contributed by atoms with Gasteiger partial charge in [0.05, 0.1) is 6.10 Å². The van der Waals surface area contributed by atoms with Gasteiger partial charge in [0.25, 0.3) is 14.2 Å². The lowest BCUT2D eigenvalue weighted by atomic mass is 10.0. The topological polar surface area (TPSA) is 74.1 Å². The predicted octanol–water partition coefficient (Wildman–Crippen LogP) is 1.75. The number of hydrogen-bond acceptors (Lipinski definition) is 5. The fourth-order valence-corrected chi connectivity index (χ4v) is 3.27. The van der Waals surface area contributed by atoms with Crippen molar-refractivity contribution in [3.05, 3.63) is 5.82 Å². The fourth-order valence-electron chi connectivity index (χ4n) is 2.36. The molecule has 1 aliphatic heterocycles. The van der Waals surface area contributed by atoms with Crippen LogP contribution < -0.4 is 0 Å². The summed E-state index contributed by atoms with van der Waals surface area (Å²) in [5, 5.41) is 7.62. The average molecular weight is 308 g/mol. The van der Waals surface area contributed by atoms with Crippen LogP contribution in [0, 0.1) is 5.92 Å². The molecule has 2 rings (SSSR count). The minimum absolute atomic E-state index is 0.0148. The molecule has 6 nitrogen and oxygen atoms in total. The molecule has 1 saturated heterocycles. The number of halogens is 1. The summed E-state index contributed by atoms with van der Waals surface area (Å²) in [4.78, 5) is 0. The summed E-state index contributed by atoms with van der Waals surface area (Å²) in [6, 6.07) is 0. The molecule has 0 amide bonds. The van der Waals surface area contributed by atoms with Gasteiger partial charge in [0, 0.05) is 29.8 Å². The molecule has 2 atom stereocenters. The lowest BCUT2D eigenvalue weighted by molar-refractivity contribution is 0.116. The molecule has 1 aliphatic rings. The van der Waals surface area contributed by atoms with Gasteiger partial charge in [-0.05, 0) is 19.3 Å². The van der Waals surface area contributed by atoms with Crippen LogP contribution in [0.5, 0.6) is 0 Å². The highest BCUT2D eigenvalue weighted by molar-refractivity contribution is 8.13. The van der Waals surface area contributed by atoms with Gasteiger partial charge in [-0.25, -0.2) is 8.42 Å². The van der Waals surface area contributed by atoms with Crippen LogP contribution in [-0.4, -0.2) is 35.9 Å². The molecule has 2 unspecified atom stereocenters. The first-order valence-electron chi connectivity index (χ1n) is 6.30. The number of hydrogen-bond donors (Lipinski definition) is 0. The van der Waals surface area contributed by atoms with Gasteiger partial charge >= 0.3 is 0 Å². The molecule has 0 N–H and O–H groups in total. The van der Waals surface area contributed by atoms with Crippen molar-refractivity contribution in [3.8, 4) is 0 Å².